The molecule has 0 aromatic rings. The maximum atomic E-state index is 11.6. The van der Waals surface area contributed by atoms with Gasteiger partial charge in [-0.3, -0.25) is 4.79 Å². The smallest absolute Gasteiger partial charge is 0.328 e. The summed E-state index contributed by atoms with van der Waals surface area (Å²) in [5.74, 6) is -0.610. The van der Waals surface area contributed by atoms with Crippen LogP contribution in [0.15, 0.2) is 0 Å². The van der Waals surface area contributed by atoms with E-state index in [4.69, 9.17) is 5.73 Å². The van der Waals surface area contributed by atoms with E-state index in [0.717, 1.165) is 0 Å². The molecule has 2 unspecified atom stereocenters. The summed E-state index contributed by atoms with van der Waals surface area (Å²) in [4.78, 5) is 23.0. The molecule has 0 aromatic heterocycles. The number of hydrogen-bond acceptors (Lipinski definition) is 4. The molecule has 0 heterocycles. The summed E-state index contributed by atoms with van der Waals surface area (Å²) in [6.45, 7) is 5.95. The van der Waals surface area contributed by atoms with Gasteiger partial charge in [-0.2, -0.15) is 0 Å². The predicted octanol–water partition coefficient (Wildman–Crippen LogP) is 0.285. The molecule has 0 spiro atoms. The van der Waals surface area contributed by atoms with E-state index in [1.165, 1.54) is 7.11 Å². The second-order valence-corrected chi connectivity index (χ2v) is 4.35. The lowest BCUT2D eigenvalue weighted by molar-refractivity contribution is -0.146. The third-order valence-electron chi connectivity index (χ3n) is 2.31. The predicted molar refractivity (Wildman–Crippen MR) is 61.6 cm³/mol. The normalized spacial score (nSPS) is 14.4. The van der Waals surface area contributed by atoms with Crippen molar-refractivity contribution >= 4 is 11.9 Å². The van der Waals surface area contributed by atoms with Crippen molar-refractivity contribution in [1.82, 2.24) is 5.32 Å². The summed E-state index contributed by atoms with van der Waals surface area (Å²) in [6.07, 6.45) is 0.565. The van der Waals surface area contributed by atoms with Crippen molar-refractivity contribution in [3.63, 3.8) is 0 Å². The first-order valence-electron chi connectivity index (χ1n) is 5.50. The van der Waals surface area contributed by atoms with Crippen LogP contribution in [0.2, 0.25) is 0 Å². The summed E-state index contributed by atoms with van der Waals surface area (Å²) >= 11 is 0. The van der Waals surface area contributed by atoms with Gasteiger partial charge in [-0.25, -0.2) is 4.79 Å². The van der Waals surface area contributed by atoms with E-state index >= 15 is 0 Å². The molecule has 0 aliphatic carbocycles. The second kappa shape index (κ2) is 7.22. The molecule has 0 aromatic carbocycles. The van der Waals surface area contributed by atoms with Crippen LogP contribution in [0.1, 0.15) is 27.2 Å². The summed E-state index contributed by atoms with van der Waals surface area (Å²) in [6, 6.07) is -0.577. The van der Waals surface area contributed by atoms with Crippen molar-refractivity contribution < 1.29 is 14.3 Å². The lowest BCUT2D eigenvalue weighted by Crippen LogP contribution is -2.45. The number of nitrogens with two attached hydrogens (primary N) is 1. The van der Waals surface area contributed by atoms with E-state index in [2.05, 4.69) is 10.1 Å². The average Bonchev–Trinajstić information content (AvgIpc) is 2.25. The molecule has 5 heteroatoms. The average molecular weight is 230 g/mol. The third-order valence-corrected chi connectivity index (χ3v) is 2.31. The molecule has 3 N–H and O–H groups in total. The molecule has 16 heavy (non-hydrogen) atoms. The van der Waals surface area contributed by atoms with Gasteiger partial charge in [0.25, 0.3) is 0 Å². The molecule has 1 amide bonds. The number of hydrogen-bond donors (Lipinski definition) is 2. The molecule has 0 saturated carbocycles. The fourth-order valence-electron chi connectivity index (χ4n) is 1.25. The van der Waals surface area contributed by atoms with Gasteiger partial charge in [0.1, 0.15) is 6.04 Å². The Balaban J connectivity index is 4.42. The van der Waals surface area contributed by atoms with Crippen LogP contribution >= 0.6 is 0 Å². The Labute approximate surface area is 96.7 Å². The number of methoxy groups -OCH3 is 1. The highest BCUT2D eigenvalue weighted by atomic mass is 16.5. The molecule has 94 valence electrons. The number of esters is 1. The molecule has 2 atom stereocenters. The van der Waals surface area contributed by atoms with Crippen LogP contribution in [-0.4, -0.2) is 31.6 Å². The van der Waals surface area contributed by atoms with Crippen LogP contribution in [0.4, 0.5) is 0 Å². The lowest BCUT2D eigenvalue weighted by Gasteiger charge is -2.20. The van der Waals surface area contributed by atoms with Gasteiger partial charge >= 0.3 is 5.97 Å². The zero-order chi connectivity index (χ0) is 12.7. The van der Waals surface area contributed by atoms with E-state index < -0.39 is 12.0 Å². The van der Waals surface area contributed by atoms with Gasteiger partial charge < -0.3 is 15.8 Å². The largest absolute Gasteiger partial charge is 0.467 e. The number of ether oxygens (including phenoxy) is 1. The molecular formula is C11H22N2O3. The molecule has 0 aliphatic rings. The van der Waals surface area contributed by atoms with Crippen molar-refractivity contribution in [1.29, 1.82) is 0 Å². The third kappa shape index (κ3) is 5.11. The van der Waals surface area contributed by atoms with Crippen molar-refractivity contribution in [3.8, 4) is 0 Å². The van der Waals surface area contributed by atoms with Crippen molar-refractivity contribution in [2.24, 2.45) is 17.6 Å². The Hall–Kier alpha value is -1.10. The van der Waals surface area contributed by atoms with Crippen molar-refractivity contribution in [2.75, 3.05) is 13.7 Å². The zero-order valence-electron chi connectivity index (χ0n) is 10.4. The molecule has 0 fully saturated rings. The van der Waals surface area contributed by atoms with E-state index in [1.807, 2.05) is 13.8 Å². The molecule has 0 bridgehead atoms. The highest BCUT2D eigenvalue weighted by Gasteiger charge is 2.24. The standard InChI is InChI=1S/C11H22N2O3/c1-7(2)5-9(11(15)16-4)13-10(14)8(3)6-12/h7-9H,5-6,12H2,1-4H3,(H,13,14). The monoisotopic (exact) mass is 230 g/mol. The molecule has 0 saturated heterocycles. The minimum absolute atomic E-state index is 0.210. The number of rotatable bonds is 6. The fraction of sp³-hybridized carbons (Fsp3) is 0.818. The van der Waals surface area contributed by atoms with Gasteiger partial charge in [0.05, 0.1) is 7.11 Å². The van der Waals surface area contributed by atoms with Gasteiger partial charge in [-0.05, 0) is 12.3 Å². The maximum absolute atomic E-state index is 11.6. The van der Waals surface area contributed by atoms with Gasteiger partial charge in [0, 0.05) is 12.5 Å². The summed E-state index contributed by atoms with van der Waals surface area (Å²) in [5.41, 5.74) is 5.38. The van der Waals surface area contributed by atoms with Gasteiger partial charge in [-0.1, -0.05) is 20.8 Å². The van der Waals surface area contributed by atoms with Crippen LogP contribution in [0.5, 0.6) is 0 Å². The lowest BCUT2D eigenvalue weighted by atomic mass is 10.0. The Morgan fingerprint density at radius 1 is 1.31 bits per heavy atom. The fourth-order valence-corrected chi connectivity index (χ4v) is 1.25. The van der Waals surface area contributed by atoms with E-state index in [0.29, 0.717) is 12.3 Å². The van der Waals surface area contributed by atoms with Crippen LogP contribution in [-0.2, 0) is 14.3 Å². The summed E-state index contributed by atoms with van der Waals surface area (Å²) < 4.78 is 4.64. The molecular weight excluding hydrogens is 208 g/mol. The van der Waals surface area contributed by atoms with Gasteiger partial charge in [0.2, 0.25) is 5.91 Å². The van der Waals surface area contributed by atoms with Gasteiger partial charge in [-0.15, -0.1) is 0 Å². The first-order valence-corrected chi connectivity index (χ1v) is 5.50. The number of nitrogens with one attached hydrogen (secondary N) is 1. The SMILES string of the molecule is COC(=O)C(CC(C)C)NC(=O)C(C)CN. The van der Waals surface area contributed by atoms with Crippen molar-refractivity contribution in [3.05, 3.63) is 0 Å². The first kappa shape index (κ1) is 14.9. The quantitative estimate of drug-likeness (QED) is 0.642. The first-order chi connectivity index (χ1) is 7.42. The topological polar surface area (TPSA) is 81.4 Å². The van der Waals surface area contributed by atoms with Crippen LogP contribution in [0.25, 0.3) is 0 Å². The Morgan fingerprint density at radius 3 is 2.25 bits per heavy atom. The molecule has 0 radical (unpaired) electrons. The zero-order valence-corrected chi connectivity index (χ0v) is 10.4. The number of carbonyl (C=O) groups is 2. The molecule has 5 nitrogen and oxygen atoms in total. The minimum Gasteiger partial charge on any atom is -0.467 e. The molecule has 0 aliphatic heterocycles. The minimum atomic E-state index is -0.577. The Bertz CT molecular complexity index is 241. The Kier molecular flexibility index (Phi) is 6.72. The summed E-state index contributed by atoms with van der Waals surface area (Å²) in [7, 11) is 1.31. The van der Waals surface area contributed by atoms with Crippen LogP contribution in [0, 0.1) is 11.8 Å². The van der Waals surface area contributed by atoms with E-state index in [-0.39, 0.29) is 18.4 Å². The van der Waals surface area contributed by atoms with E-state index in [9.17, 15) is 9.59 Å². The van der Waals surface area contributed by atoms with E-state index in [1.54, 1.807) is 6.92 Å². The Morgan fingerprint density at radius 2 is 1.88 bits per heavy atom. The highest BCUT2D eigenvalue weighted by Crippen LogP contribution is 2.07. The van der Waals surface area contributed by atoms with Gasteiger partial charge in [0.15, 0.2) is 0 Å². The number of carbonyl (C=O) groups excluding carboxylic acids is 2. The number of amides is 1. The maximum Gasteiger partial charge on any atom is 0.328 e. The summed E-state index contributed by atoms with van der Waals surface area (Å²) in [5, 5.41) is 2.66. The molecule has 0 rings (SSSR count). The highest BCUT2D eigenvalue weighted by molar-refractivity contribution is 5.85. The van der Waals surface area contributed by atoms with Crippen LogP contribution < -0.4 is 11.1 Å². The van der Waals surface area contributed by atoms with Crippen LogP contribution in [0.3, 0.4) is 0 Å². The van der Waals surface area contributed by atoms with Crippen molar-refractivity contribution in [2.45, 2.75) is 33.2 Å². The second-order valence-electron chi connectivity index (χ2n) is 4.35.